The predicted molar refractivity (Wildman–Crippen MR) is 118 cm³/mol. The molecule has 0 bridgehead atoms. The monoisotopic (exact) mass is 467 g/mol. The third kappa shape index (κ3) is 4.41. The van der Waals surface area contributed by atoms with Crippen molar-refractivity contribution < 1.29 is 9.47 Å². The SMILES string of the molecule is CN=C(NCCc1cc(OC)ccc1OC)N1CCc2ccccc21.I. The van der Waals surface area contributed by atoms with Crippen molar-refractivity contribution >= 4 is 35.6 Å². The minimum atomic E-state index is 0. The normalized spacial score (nSPS) is 13.0. The molecule has 1 heterocycles. The van der Waals surface area contributed by atoms with E-state index in [0.29, 0.717) is 0 Å². The van der Waals surface area contributed by atoms with Gasteiger partial charge in [0.15, 0.2) is 5.96 Å². The Kier molecular flexibility index (Phi) is 7.56. The van der Waals surface area contributed by atoms with E-state index in [0.717, 1.165) is 49.0 Å². The van der Waals surface area contributed by atoms with Gasteiger partial charge in [-0.3, -0.25) is 4.99 Å². The van der Waals surface area contributed by atoms with Crippen LogP contribution >= 0.6 is 24.0 Å². The standard InChI is InChI=1S/C20H25N3O2.HI/c1-21-20(23-13-11-15-6-4-5-7-18(15)23)22-12-10-16-14-17(24-2)8-9-19(16)25-3;/h4-9,14H,10-13H2,1-3H3,(H,21,22);1H. The Labute approximate surface area is 172 Å². The molecular weight excluding hydrogens is 441 g/mol. The van der Waals surface area contributed by atoms with Crippen LogP contribution in [0.2, 0.25) is 0 Å². The third-order valence-corrected chi connectivity index (χ3v) is 4.52. The molecule has 6 heteroatoms. The first kappa shape index (κ1) is 20.4. The second kappa shape index (κ2) is 9.66. The van der Waals surface area contributed by atoms with Gasteiger partial charge in [0.25, 0.3) is 0 Å². The molecule has 5 nitrogen and oxygen atoms in total. The fourth-order valence-corrected chi connectivity index (χ4v) is 3.24. The first-order valence-corrected chi connectivity index (χ1v) is 8.54. The molecule has 0 saturated heterocycles. The van der Waals surface area contributed by atoms with E-state index in [1.165, 1.54) is 11.3 Å². The number of nitrogens with one attached hydrogen (secondary N) is 1. The zero-order valence-electron chi connectivity index (χ0n) is 15.5. The number of aliphatic imine (C=N–C) groups is 1. The van der Waals surface area contributed by atoms with Gasteiger partial charge >= 0.3 is 0 Å². The molecule has 2 aromatic rings. The van der Waals surface area contributed by atoms with Gasteiger partial charge in [-0.05, 0) is 48.2 Å². The Morgan fingerprint density at radius 2 is 1.96 bits per heavy atom. The van der Waals surface area contributed by atoms with Crippen molar-refractivity contribution in [2.24, 2.45) is 4.99 Å². The molecule has 140 valence electrons. The number of benzene rings is 2. The van der Waals surface area contributed by atoms with Gasteiger partial charge in [-0.2, -0.15) is 0 Å². The van der Waals surface area contributed by atoms with E-state index in [4.69, 9.17) is 9.47 Å². The molecule has 1 aliphatic heterocycles. The fourth-order valence-electron chi connectivity index (χ4n) is 3.24. The van der Waals surface area contributed by atoms with Gasteiger partial charge in [-0.15, -0.1) is 24.0 Å². The molecule has 0 fully saturated rings. The average Bonchev–Trinajstić information content (AvgIpc) is 3.09. The number of nitrogens with zero attached hydrogens (tertiary/aromatic N) is 2. The van der Waals surface area contributed by atoms with Gasteiger partial charge in [0.2, 0.25) is 0 Å². The lowest BCUT2D eigenvalue weighted by atomic mass is 10.1. The molecule has 3 rings (SSSR count). The molecule has 1 N–H and O–H groups in total. The van der Waals surface area contributed by atoms with Gasteiger partial charge in [-0.1, -0.05) is 18.2 Å². The number of anilines is 1. The number of methoxy groups -OCH3 is 2. The molecule has 0 spiro atoms. The summed E-state index contributed by atoms with van der Waals surface area (Å²) in [5, 5.41) is 3.47. The Morgan fingerprint density at radius 1 is 1.15 bits per heavy atom. The quantitative estimate of drug-likeness (QED) is 0.416. The summed E-state index contributed by atoms with van der Waals surface area (Å²) in [6.45, 7) is 1.73. The number of guanidine groups is 1. The van der Waals surface area contributed by atoms with Crippen molar-refractivity contribution in [1.29, 1.82) is 0 Å². The third-order valence-electron chi connectivity index (χ3n) is 4.52. The number of hydrogen-bond acceptors (Lipinski definition) is 3. The largest absolute Gasteiger partial charge is 0.497 e. The topological polar surface area (TPSA) is 46.1 Å². The van der Waals surface area contributed by atoms with E-state index in [2.05, 4.69) is 39.5 Å². The minimum Gasteiger partial charge on any atom is -0.497 e. The van der Waals surface area contributed by atoms with E-state index >= 15 is 0 Å². The summed E-state index contributed by atoms with van der Waals surface area (Å²) in [5.74, 6) is 2.63. The lowest BCUT2D eigenvalue weighted by molar-refractivity contribution is 0.398. The van der Waals surface area contributed by atoms with Crippen molar-refractivity contribution in [1.82, 2.24) is 5.32 Å². The minimum absolute atomic E-state index is 0. The summed E-state index contributed by atoms with van der Waals surface area (Å²) in [4.78, 5) is 6.70. The molecule has 0 aromatic heterocycles. The molecule has 0 radical (unpaired) electrons. The Bertz CT molecular complexity index is 764. The highest BCUT2D eigenvalue weighted by Crippen LogP contribution is 2.27. The van der Waals surface area contributed by atoms with Crippen LogP contribution in [0.15, 0.2) is 47.5 Å². The van der Waals surface area contributed by atoms with Crippen LogP contribution in [0.1, 0.15) is 11.1 Å². The summed E-state index contributed by atoms with van der Waals surface area (Å²) < 4.78 is 10.8. The number of hydrogen-bond donors (Lipinski definition) is 1. The zero-order chi connectivity index (χ0) is 17.6. The van der Waals surface area contributed by atoms with Crippen LogP contribution in [0.4, 0.5) is 5.69 Å². The zero-order valence-corrected chi connectivity index (χ0v) is 17.8. The fraction of sp³-hybridized carbons (Fsp3) is 0.350. The maximum atomic E-state index is 5.45. The van der Waals surface area contributed by atoms with Crippen LogP contribution < -0.4 is 19.7 Å². The van der Waals surface area contributed by atoms with Gasteiger partial charge in [0.05, 0.1) is 14.2 Å². The Morgan fingerprint density at radius 3 is 2.69 bits per heavy atom. The highest BCUT2D eigenvalue weighted by atomic mass is 127. The lowest BCUT2D eigenvalue weighted by Gasteiger charge is -2.22. The number of halogens is 1. The Balaban J connectivity index is 0.00000243. The van der Waals surface area contributed by atoms with Crippen LogP contribution in [0.5, 0.6) is 11.5 Å². The highest BCUT2D eigenvalue weighted by molar-refractivity contribution is 14.0. The number of ether oxygens (including phenoxy) is 2. The van der Waals surface area contributed by atoms with Gasteiger partial charge in [-0.25, -0.2) is 0 Å². The average molecular weight is 467 g/mol. The molecule has 26 heavy (non-hydrogen) atoms. The van der Waals surface area contributed by atoms with Crippen LogP contribution in [0, 0.1) is 0 Å². The summed E-state index contributed by atoms with van der Waals surface area (Å²) in [7, 11) is 5.20. The highest BCUT2D eigenvalue weighted by Gasteiger charge is 2.22. The van der Waals surface area contributed by atoms with Crippen molar-refractivity contribution in [3.8, 4) is 11.5 Å². The predicted octanol–water partition coefficient (Wildman–Crippen LogP) is 3.50. The molecule has 1 aliphatic rings. The molecule has 2 aromatic carbocycles. The van der Waals surface area contributed by atoms with Crippen molar-refractivity contribution in [3.05, 3.63) is 53.6 Å². The summed E-state index contributed by atoms with van der Waals surface area (Å²) >= 11 is 0. The van der Waals surface area contributed by atoms with E-state index in [9.17, 15) is 0 Å². The molecule has 0 amide bonds. The van der Waals surface area contributed by atoms with E-state index in [-0.39, 0.29) is 24.0 Å². The summed E-state index contributed by atoms with van der Waals surface area (Å²) in [6.07, 6.45) is 1.88. The molecule has 0 unspecified atom stereocenters. The first-order valence-electron chi connectivity index (χ1n) is 8.54. The van der Waals surface area contributed by atoms with Gasteiger partial charge in [0.1, 0.15) is 11.5 Å². The van der Waals surface area contributed by atoms with Crippen LogP contribution in [0.25, 0.3) is 0 Å². The van der Waals surface area contributed by atoms with Crippen molar-refractivity contribution in [2.45, 2.75) is 12.8 Å². The van der Waals surface area contributed by atoms with Crippen LogP contribution in [-0.4, -0.2) is 40.3 Å². The first-order chi connectivity index (χ1) is 12.3. The lowest BCUT2D eigenvalue weighted by Crippen LogP contribution is -2.41. The Hall–Kier alpha value is -1.96. The van der Waals surface area contributed by atoms with Crippen LogP contribution in [0.3, 0.4) is 0 Å². The van der Waals surface area contributed by atoms with Crippen molar-refractivity contribution in [3.63, 3.8) is 0 Å². The number of rotatable bonds is 5. The van der Waals surface area contributed by atoms with E-state index < -0.39 is 0 Å². The summed E-state index contributed by atoms with van der Waals surface area (Å²) in [5.41, 5.74) is 3.74. The smallest absolute Gasteiger partial charge is 0.198 e. The van der Waals surface area contributed by atoms with E-state index in [1.807, 2.05) is 25.2 Å². The van der Waals surface area contributed by atoms with Crippen LogP contribution in [-0.2, 0) is 12.8 Å². The molecule has 0 aliphatic carbocycles. The van der Waals surface area contributed by atoms with Gasteiger partial charge in [0, 0.05) is 25.8 Å². The molecule has 0 saturated carbocycles. The number of para-hydroxylation sites is 1. The maximum Gasteiger partial charge on any atom is 0.198 e. The van der Waals surface area contributed by atoms with E-state index in [1.54, 1.807) is 14.2 Å². The second-order valence-electron chi connectivity index (χ2n) is 5.93. The maximum absolute atomic E-state index is 5.45. The number of fused-ring (bicyclic) bond motifs is 1. The van der Waals surface area contributed by atoms with Crippen molar-refractivity contribution in [2.75, 3.05) is 39.3 Å². The summed E-state index contributed by atoms with van der Waals surface area (Å²) in [6, 6.07) is 14.4. The van der Waals surface area contributed by atoms with Gasteiger partial charge < -0.3 is 19.7 Å². The molecular formula is C20H26IN3O2. The second-order valence-corrected chi connectivity index (χ2v) is 5.93. The molecule has 0 atom stereocenters.